The van der Waals surface area contributed by atoms with E-state index in [1.54, 1.807) is 7.11 Å². The molecule has 36 heavy (non-hydrogen) atoms. The zero-order chi connectivity index (χ0) is 26.9. The van der Waals surface area contributed by atoms with Gasteiger partial charge in [-0.05, 0) is 56.2 Å². The van der Waals surface area contributed by atoms with E-state index in [0.717, 1.165) is 84.4 Å². The molecule has 10 nitrogen and oxygen atoms in total. The minimum Gasteiger partial charge on any atom is -0.497 e. The Hall–Kier alpha value is -2.69. The summed E-state index contributed by atoms with van der Waals surface area (Å²) in [5.74, 6) is -0.573. The lowest BCUT2D eigenvalue weighted by Crippen LogP contribution is -2.47. The first kappa shape index (κ1) is 31.3. The van der Waals surface area contributed by atoms with E-state index in [4.69, 9.17) is 35.0 Å². The summed E-state index contributed by atoms with van der Waals surface area (Å²) >= 11 is 0. The number of methoxy groups -OCH3 is 1. The number of rotatable bonds is 7. The average Bonchev–Trinajstić information content (AvgIpc) is 3.04. The molecule has 0 aromatic heterocycles. The van der Waals surface area contributed by atoms with Crippen molar-refractivity contribution >= 4 is 17.8 Å². The predicted molar refractivity (Wildman–Crippen MR) is 137 cm³/mol. The number of benzene rings is 1. The van der Waals surface area contributed by atoms with Gasteiger partial charge in [0.2, 0.25) is 5.91 Å². The lowest BCUT2D eigenvalue weighted by molar-refractivity contribution is -0.135. The molecule has 0 aliphatic carbocycles. The fourth-order valence-electron chi connectivity index (χ4n) is 4.26. The number of hydrogen-bond acceptors (Lipinski definition) is 7. The third kappa shape index (κ3) is 14.0. The Balaban J connectivity index is 0.000000709. The average molecular weight is 510 g/mol. The van der Waals surface area contributed by atoms with Crippen molar-refractivity contribution in [1.82, 2.24) is 10.2 Å². The third-order valence-corrected chi connectivity index (χ3v) is 5.99. The van der Waals surface area contributed by atoms with E-state index in [2.05, 4.69) is 22.3 Å². The highest BCUT2D eigenvalue weighted by Crippen LogP contribution is 2.22. The maximum Gasteiger partial charge on any atom is 0.300 e. The van der Waals surface area contributed by atoms with Gasteiger partial charge >= 0.3 is 0 Å². The fraction of sp³-hybridized carbons (Fsp3) is 0.654. The zero-order valence-corrected chi connectivity index (χ0v) is 21.8. The molecule has 2 aliphatic rings. The summed E-state index contributed by atoms with van der Waals surface area (Å²) in [5, 5.41) is 18.0. The van der Waals surface area contributed by atoms with Crippen LogP contribution in [-0.2, 0) is 25.5 Å². The van der Waals surface area contributed by atoms with Gasteiger partial charge in [0.1, 0.15) is 5.75 Å². The molecule has 2 atom stereocenters. The maximum atomic E-state index is 12.8. The van der Waals surface area contributed by atoms with Crippen molar-refractivity contribution < 1.29 is 34.1 Å². The van der Waals surface area contributed by atoms with Crippen LogP contribution in [0.1, 0.15) is 51.5 Å². The topological polar surface area (TPSA) is 151 Å². The van der Waals surface area contributed by atoms with Gasteiger partial charge in [0.15, 0.2) is 0 Å². The van der Waals surface area contributed by atoms with Gasteiger partial charge in [-0.25, -0.2) is 0 Å². The number of aryl methyl sites for hydroxylation is 1. The molecule has 0 radical (unpaired) electrons. The molecule has 204 valence electrons. The molecule has 3 rings (SSSR count). The minimum absolute atomic E-state index is 0.0392. The highest BCUT2D eigenvalue weighted by molar-refractivity contribution is 5.78. The second-order valence-electron chi connectivity index (χ2n) is 9.11. The number of aliphatic carboxylic acids is 2. The number of nitrogens with one attached hydrogen (secondary N) is 1. The van der Waals surface area contributed by atoms with Crippen molar-refractivity contribution in [1.29, 1.82) is 0 Å². The number of amides is 1. The summed E-state index contributed by atoms with van der Waals surface area (Å²) in [4.78, 5) is 33.2. The number of carbonyl (C=O) groups is 3. The van der Waals surface area contributed by atoms with Gasteiger partial charge in [0, 0.05) is 58.8 Å². The molecule has 2 fully saturated rings. The van der Waals surface area contributed by atoms with Crippen LogP contribution in [0.25, 0.3) is 0 Å². The molecule has 1 amide bonds. The SMILES string of the molecule is CC(=O)O.CC(=O)O.COc1ccc(CCCNC(=O)[C@@H]2CC[C@H](N)CN(C3CCOCC3)C2)cc1. The highest BCUT2D eigenvalue weighted by atomic mass is 16.5. The van der Waals surface area contributed by atoms with Crippen LogP contribution in [0.4, 0.5) is 0 Å². The molecule has 2 heterocycles. The van der Waals surface area contributed by atoms with Crippen molar-refractivity contribution in [2.45, 2.75) is 64.5 Å². The van der Waals surface area contributed by atoms with Crippen molar-refractivity contribution in [3.8, 4) is 5.75 Å². The smallest absolute Gasteiger partial charge is 0.300 e. The molecule has 2 saturated heterocycles. The third-order valence-electron chi connectivity index (χ3n) is 5.99. The van der Waals surface area contributed by atoms with Gasteiger partial charge in [-0.15, -0.1) is 0 Å². The van der Waals surface area contributed by atoms with Crippen LogP contribution in [0.5, 0.6) is 5.75 Å². The van der Waals surface area contributed by atoms with Crippen LogP contribution in [-0.4, -0.2) is 85.0 Å². The van der Waals surface area contributed by atoms with E-state index in [0.29, 0.717) is 12.6 Å². The minimum atomic E-state index is -0.833. The number of carboxylic acids is 2. The zero-order valence-electron chi connectivity index (χ0n) is 21.8. The highest BCUT2D eigenvalue weighted by Gasteiger charge is 2.31. The molecular weight excluding hydrogens is 466 g/mol. The van der Waals surface area contributed by atoms with Crippen LogP contribution >= 0.6 is 0 Å². The molecule has 0 bridgehead atoms. The fourth-order valence-corrected chi connectivity index (χ4v) is 4.26. The predicted octanol–water partition coefficient (Wildman–Crippen LogP) is 2.14. The Morgan fingerprint density at radius 1 is 1.03 bits per heavy atom. The number of hydrogen-bond donors (Lipinski definition) is 4. The lowest BCUT2D eigenvalue weighted by Gasteiger charge is -2.35. The second kappa shape index (κ2) is 17.7. The maximum absolute atomic E-state index is 12.8. The Morgan fingerprint density at radius 2 is 1.61 bits per heavy atom. The van der Waals surface area contributed by atoms with Gasteiger partial charge in [-0.1, -0.05) is 12.1 Å². The molecule has 1 aromatic rings. The number of carbonyl (C=O) groups excluding carboxylic acids is 1. The Kier molecular flexibility index (Phi) is 15.4. The van der Waals surface area contributed by atoms with E-state index < -0.39 is 11.9 Å². The standard InChI is InChI=1S/C22H35N3O3.2C2H4O2/c1-27-21-8-4-17(5-9-21)3-2-12-24-22(26)18-6-7-19(23)16-25(15-18)20-10-13-28-14-11-20;2*1-2(3)4/h4-5,8-9,18-20H,2-3,6-7,10-16,23H2,1H3,(H,24,26);2*1H3,(H,3,4)/t18-,19+;;/m1../s1. The monoisotopic (exact) mass is 509 g/mol. The van der Waals surface area contributed by atoms with E-state index >= 15 is 0 Å². The van der Waals surface area contributed by atoms with Crippen molar-refractivity contribution in [3.63, 3.8) is 0 Å². The first-order valence-corrected chi connectivity index (χ1v) is 12.5. The van der Waals surface area contributed by atoms with Crippen LogP contribution in [0.15, 0.2) is 24.3 Å². The molecule has 0 spiro atoms. The van der Waals surface area contributed by atoms with Crippen molar-refractivity contribution in [2.75, 3.05) is 40.0 Å². The molecule has 5 N–H and O–H groups in total. The molecule has 0 saturated carbocycles. The molecule has 0 unspecified atom stereocenters. The largest absolute Gasteiger partial charge is 0.497 e. The molecule has 2 aliphatic heterocycles. The summed E-state index contributed by atoms with van der Waals surface area (Å²) in [6, 6.07) is 8.79. The van der Waals surface area contributed by atoms with Gasteiger partial charge in [0.25, 0.3) is 11.9 Å². The summed E-state index contributed by atoms with van der Waals surface area (Å²) < 4.78 is 10.7. The molecule has 10 heteroatoms. The quantitative estimate of drug-likeness (QED) is 0.405. The summed E-state index contributed by atoms with van der Waals surface area (Å²) in [6.07, 6.45) is 5.78. The van der Waals surface area contributed by atoms with Crippen molar-refractivity contribution in [3.05, 3.63) is 29.8 Å². The van der Waals surface area contributed by atoms with Crippen LogP contribution in [0, 0.1) is 5.92 Å². The molecule has 1 aromatic carbocycles. The van der Waals surface area contributed by atoms with Gasteiger partial charge in [0.05, 0.1) is 13.0 Å². The van der Waals surface area contributed by atoms with Gasteiger partial charge in [-0.2, -0.15) is 0 Å². The van der Waals surface area contributed by atoms with Gasteiger partial charge < -0.3 is 30.7 Å². The number of nitrogens with two attached hydrogens (primary N) is 1. The van der Waals surface area contributed by atoms with E-state index in [1.807, 2.05) is 12.1 Å². The van der Waals surface area contributed by atoms with Crippen LogP contribution in [0.2, 0.25) is 0 Å². The van der Waals surface area contributed by atoms with Crippen LogP contribution in [0.3, 0.4) is 0 Å². The molecular formula is C26H43N3O7. The van der Waals surface area contributed by atoms with E-state index in [1.165, 1.54) is 5.56 Å². The normalized spacial score (nSPS) is 20.4. The number of carboxylic acid groups (broad SMARTS) is 2. The number of likely N-dealkylation sites (tertiary alicyclic amines) is 1. The summed E-state index contributed by atoms with van der Waals surface area (Å²) in [6.45, 7) is 6.23. The Bertz CT molecular complexity index is 762. The number of ether oxygens (including phenoxy) is 2. The summed E-state index contributed by atoms with van der Waals surface area (Å²) in [7, 11) is 1.67. The van der Waals surface area contributed by atoms with Crippen molar-refractivity contribution in [2.24, 2.45) is 11.7 Å². The first-order valence-electron chi connectivity index (χ1n) is 12.5. The summed E-state index contributed by atoms with van der Waals surface area (Å²) in [5.41, 5.74) is 7.55. The van der Waals surface area contributed by atoms with E-state index in [-0.39, 0.29) is 17.9 Å². The lowest BCUT2D eigenvalue weighted by atomic mass is 10.0. The Morgan fingerprint density at radius 3 is 2.17 bits per heavy atom. The first-order chi connectivity index (χ1) is 17.1. The van der Waals surface area contributed by atoms with Gasteiger partial charge in [-0.3, -0.25) is 19.3 Å². The van der Waals surface area contributed by atoms with Crippen LogP contribution < -0.4 is 15.8 Å². The number of nitrogens with zero attached hydrogens (tertiary/aromatic N) is 1. The van der Waals surface area contributed by atoms with E-state index in [9.17, 15) is 4.79 Å². The Labute approximate surface area is 214 Å². The second-order valence-corrected chi connectivity index (χ2v) is 9.11.